The fourth-order valence-electron chi connectivity index (χ4n) is 3.87. The van der Waals surface area contributed by atoms with E-state index in [1.807, 2.05) is 0 Å². The van der Waals surface area contributed by atoms with Crippen molar-refractivity contribution >= 4 is 29.8 Å². The number of carbonyl (C=O) groups is 5. The maximum absolute atomic E-state index is 12.4. The van der Waals surface area contributed by atoms with Gasteiger partial charge in [0.1, 0.15) is 23.4 Å². The van der Waals surface area contributed by atoms with Crippen LogP contribution in [0, 0.1) is 0 Å². The fourth-order valence-corrected chi connectivity index (χ4v) is 3.87. The van der Waals surface area contributed by atoms with E-state index in [0.29, 0.717) is 11.1 Å². The number of carbonyl (C=O) groups excluding carboxylic acids is 5. The normalized spacial score (nSPS) is 15.5. The molecule has 0 amide bonds. The maximum Gasteiger partial charge on any atom is 0.311 e. The molecule has 2 atom stereocenters. The van der Waals surface area contributed by atoms with Gasteiger partial charge in [0, 0.05) is 61.8 Å². The third-order valence-corrected chi connectivity index (χ3v) is 6.06. The van der Waals surface area contributed by atoms with Crippen molar-refractivity contribution in [3.8, 4) is 28.7 Å². The minimum absolute atomic E-state index is 0.00527. The molecule has 1 aliphatic rings. The quantitative estimate of drug-likeness (QED) is 0.268. The third-order valence-electron chi connectivity index (χ3n) is 6.06. The van der Waals surface area contributed by atoms with Crippen molar-refractivity contribution in [2.45, 2.75) is 85.4 Å². The second-order valence-electron chi connectivity index (χ2n) is 9.04. The minimum Gasteiger partial charge on any atom is -0.481 e. The molecule has 1 heterocycles. The van der Waals surface area contributed by atoms with Crippen molar-refractivity contribution in [3.63, 3.8) is 0 Å². The van der Waals surface area contributed by atoms with E-state index < -0.39 is 42.1 Å². The largest absolute Gasteiger partial charge is 0.481 e. The summed E-state index contributed by atoms with van der Waals surface area (Å²) in [6.07, 6.45) is -1.20. The minimum atomic E-state index is -0.917. The van der Waals surface area contributed by atoms with Crippen LogP contribution in [0.25, 0.3) is 0 Å². The van der Waals surface area contributed by atoms with Crippen molar-refractivity contribution in [1.82, 2.24) is 0 Å². The highest BCUT2D eigenvalue weighted by molar-refractivity contribution is 5.77. The first-order valence-electron chi connectivity index (χ1n) is 13.6. The van der Waals surface area contributed by atoms with E-state index in [1.54, 1.807) is 40.7 Å². The molecule has 2 aromatic rings. The van der Waals surface area contributed by atoms with E-state index in [1.165, 1.54) is 24.3 Å². The van der Waals surface area contributed by atoms with Gasteiger partial charge >= 0.3 is 29.8 Å². The maximum atomic E-state index is 12.4. The predicted octanol–water partition coefficient (Wildman–Crippen LogP) is 4.95. The Morgan fingerprint density at radius 2 is 1.20 bits per heavy atom. The van der Waals surface area contributed by atoms with E-state index in [0.717, 1.165) is 0 Å². The molecular weight excluding hydrogens is 536 g/mol. The molecule has 0 fully saturated rings. The highest BCUT2D eigenvalue weighted by atomic mass is 16.6. The summed E-state index contributed by atoms with van der Waals surface area (Å²) < 4.78 is 33.7. The lowest BCUT2D eigenvalue weighted by atomic mass is 9.93. The van der Waals surface area contributed by atoms with E-state index in [4.69, 9.17) is 28.4 Å². The highest BCUT2D eigenvalue weighted by Gasteiger charge is 2.37. The lowest BCUT2D eigenvalue weighted by molar-refractivity contribution is -0.155. The molecule has 220 valence electrons. The molecule has 0 aliphatic carbocycles. The summed E-state index contributed by atoms with van der Waals surface area (Å²) in [5.74, 6) is -2.07. The number of benzene rings is 2. The number of hydrogen-bond acceptors (Lipinski definition) is 11. The molecule has 11 nitrogen and oxygen atoms in total. The molecule has 0 aromatic heterocycles. The van der Waals surface area contributed by atoms with Crippen LogP contribution >= 0.6 is 0 Å². The number of hydrogen-bond donors (Lipinski definition) is 0. The first-order valence-corrected chi connectivity index (χ1v) is 13.6. The molecular formula is C30H34O11. The Balaban J connectivity index is 2.12. The van der Waals surface area contributed by atoms with Gasteiger partial charge < -0.3 is 28.4 Å². The zero-order chi connectivity index (χ0) is 30.1. The average Bonchev–Trinajstić information content (AvgIpc) is 2.97. The monoisotopic (exact) mass is 570 g/mol. The Labute approximate surface area is 238 Å². The van der Waals surface area contributed by atoms with Gasteiger partial charge in [-0.2, -0.15) is 0 Å². The number of rotatable bonds is 11. The summed E-state index contributed by atoms with van der Waals surface area (Å²) in [6.45, 7) is 8.18. The number of fused-ring (bicyclic) bond motifs is 1. The van der Waals surface area contributed by atoms with Crippen LogP contribution in [0.15, 0.2) is 30.3 Å². The lowest BCUT2D eigenvalue weighted by Gasteiger charge is -2.34. The molecule has 0 spiro atoms. The standard InChI is InChI=1S/C30H34O11/c1-6-25(31)36-18-14-21(38-27(33)8-3)19-16-24(40-29(35)10-5)30(41-22(19)15-18)17-11-12-20(37-26(32)7-2)23(13-17)39-28(34)9-4/h11-15,24,30H,6-10,16H2,1-5H3. The second kappa shape index (κ2) is 14.3. The van der Waals surface area contributed by atoms with Crippen molar-refractivity contribution in [2.75, 3.05) is 0 Å². The zero-order valence-corrected chi connectivity index (χ0v) is 23.8. The zero-order valence-electron chi connectivity index (χ0n) is 23.8. The van der Waals surface area contributed by atoms with Gasteiger partial charge in [0.05, 0.1) is 0 Å². The van der Waals surface area contributed by atoms with Crippen LogP contribution in [-0.4, -0.2) is 36.0 Å². The smallest absolute Gasteiger partial charge is 0.311 e. The predicted molar refractivity (Wildman–Crippen MR) is 144 cm³/mol. The van der Waals surface area contributed by atoms with Crippen LogP contribution in [0.3, 0.4) is 0 Å². The fraction of sp³-hybridized carbons (Fsp3) is 0.433. The first kappa shape index (κ1) is 31.1. The Morgan fingerprint density at radius 3 is 1.78 bits per heavy atom. The Kier molecular flexibility index (Phi) is 10.8. The first-order chi connectivity index (χ1) is 19.6. The Bertz CT molecular complexity index is 1310. The summed E-state index contributed by atoms with van der Waals surface area (Å²) in [5, 5.41) is 0. The van der Waals surface area contributed by atoms with Crippen molar-refractivity contribution in [3.05, 3.63) is 41.5 Å². The molecule has 2 aromatic carbocycles. The van der Waals surface area contributed by atoms with Gasteiger partial charge in [0.15, 0.2) is 17.6 Å². The topological polar surface area (TPSA) is 141 Å². The van der Waals surface area contributed by atoms with Gasteiger partial charge in [-0.1, -0.05) is 40.7 Å². The van der Waals surface area contributed by atoms with Gasteiger partial charge in [-0.15, -0.1) is 0 Å². The van der Waals surface area contributed by atoms with E-state index in [9.17, 15) is 24.0 Å². The molecule has 2 unspecified atom stereocenters. The van der Waals surface area contributed by atoms with E-state index in [2.05, 4.69) is 0 Å². The Morgan fingerprint density at radius 1 is 0.659 bits per heavy atom. The van der Waals surface area contributed by atoms with E-state index in [-0.39, 0.29) is 67.3 Å². The van der Waals surface area contributed by atoms with Gasteiger partial charge in [0.25, 0.3) is 0 Å². The SMILES string of the molecule is CCC(=O)Oc1cc(OC(=O)CC)c2c(c1)OC(c1ccc(OC(=O)CC)c(OC(=O)CC)c1)C(OC(=O)CC)C2. The second-order valence-corrected chi connectivity index (χ2v) is 9.04. The van der Waals surface area contributed by atoms with Crippen LogP contribution in [0.4, 0.5) is 0 Å². The van der Waals surface area contributed by atoms with Crippen molar-refractivity contribution < 1.29 is 52.4 Å². The molecule has 0 saturated carbocycles. The highest BCUT2D eigenvalue weighted by Crippen LogP contribution is 2.45. The summed E-state index contributed by atoms with van der Waals surface area (Å²) in [5.41, 5.74) is 0.891. The van der Waals surface area contributed by atoms with Gasteiger partial charge in [0.2, 0.25) is 0 Å². The molecule has 41 heavy (non-hydrogen) atoms. The van der Waals surface area contributed by atoms with Gasteiger partial charge in [-0.3, -0.25) is 24.0 Å². The van der Waals surface area contributed by atoms with Crippen molar-refractivity contribution in [1.29, 1.82) is 0 Å². The molecule has 3 rings (SSSR count). The summed E-state index contributed by atoms with van der Waals surface area (Å²) in [7, 11) is 0. The third kappa shape index (κ3) is 8.06. The number of esters is 5. The van der Waals surface area contributed by atoms with Gasteiger partial charge in [-0.05, 0) is 12.1 Å². The van der Waals surface area contributed by atoms with Crippen LogP contribution in [0.1, 0.15) is 84.0 Å². The van der Waals surface area contributed by atoms with Crippen LogP contribution in [0.2, 0.25) is 0 Å². The van der Waals surface area contributed by atoms with Gasteiger partial charge in [-0.25, -0.2) is 0 Å². The lowest BCUT2D eigenvalue weighted by Crippen LogP contribution is -2.35. The summed E-state index contributed by atoms with van der Waals surface area (Å²) >= 11 is 0. The van der Waals surface area contributed by atoms with Crippen molar-refractivity contribution in [2.24, 2.45) is 0 Å². The molecule has 0 saturated heterocycles. The van der Waals surface area contributed by atoms with Crippen LogP contribution in [0.5, 0.6) is 28.7 Å². The molecule has 1 aliphatic heterocycles. The summed E-state index contributed by atoms with van der Waals surface area (Å²) in [4.78, 5) is 60.7. The van der Waals surface area contributed by atoms with Crippen LogP contribution < -0.4 is 23.7 Å². The number of ether oxygens (including phenoxy) is 6. The molecule has 0 bridgehead atoms. The molecule has 0 radical (unpaired) electrons. The van der Waals surface area contributed by atoms with Crippen LogP contribution in [-0.2, 0) is 35.1 Å². The average molecular weight is 571 g/mol. The molecule has 11 heteroatoms. The Hall–Kier alpha value is -4.41. The summed E-state index contributed by atoms with van der Waals surface area (Å²) in [6, 6.07) is 7.46. The molecule has 0 N–H and O–H groups in total. The van der Waals surface area contributed by atoms with E-state index >= 15 is 0 Å².